The lowest BCUT2D eigenvalue weighted by atomic mass is 10.1. The van der Waals surface area contributed by atoms with Gasteiger partial charge in [-0.2, -0.15) is 0 Å². The highest BCUT2D eigenvalue weighted by Crippen LogP contribution is 2.14. The van der Waals surface area contributed by atoms with Gasteiger partial charge in [-0.15, -0.1) is 0 Å². The van der Waals surface area contributed by atoms with E-state index in [2.05, 4.69) is 22.5 Å². The average molecular weight is 400 g/mol. The van der Waals surface area contributed by atoms with Gasteiger partial charge in [0, 0.05) is 26.4 Å². The van der Waals surface area contributed by atoms with Gasteiger partial charge in [-0.05, 0) is 29.7 Å². The molecule has 0 fully saturated rings. The predicted octanol–water partition coefficient (Wildman–Crippen LogP) is 3.79. The molecule has 2 N–H and O–H groups in total. The molecule has 0 aliphatic heterocycles. The van der Waals surface area contributed by atoms with E-state index in [1.54, 1.807) is 7.05 Å². The molecule has 0 bridgehead atoms. The van der Waals surface area contributed by atoms with Gasteiger partial charge in [-0.3, -0.25) is 4.99 Å². The Kier molecular flexibility index (Phi) is 11.0. The largest absolute Gasteiger partial charge is 0.356 e. The lowest BCUT2D eigenvalue weighted by Gasteiger charge is -2.14. The summed E-state index contributed by atoms with van der Waals surface area (Å²) in [6.45, 7) is 3.36. The van der Waals surface area contributed by atoms with Crippen molar-refractivity contribution in [3.05, 3.63) is 35.1 Å². The van der Waals surface area contributed by atoms with Gasteiger partial charge in [0.2, 0.25) is 0 Å². The van der Waals surface area contributed by atoms with Gasteiger partial charge >= 0.3 is 0 Å². The van der Waals surface area contributed by atoms with Crippen molar-refractivity contribution in [2.24, 2.45) is 4.99 Å². The van der Waals surface area contributed by atoms with Gasteiger partial charge in [-0.25, -0.2) is 12.8 Å². The number of rotatable bonds is 12. The van der Waals surface area contributed by atoms with Crippen molar-refractivity contribution in [3.63, 3.8) is 0 Å². The van der Waals surface area contributed by atoms with Crippen molar-refractivity contribution < 1.29 is 12.8 Å². The first-order valence-electron chi connectivity index (χ1n) is 9.75. The lowest BCUT2D eigenvalue weighted by Crippen LogP contribution is -2.37. The summed E-state index contributed by atoms with van der Waals surface area (Å²) in [4.78, 5) is 4.17. The van der Waals surface area contributed by atoms with E-state index in [0.29, 0.717) is 23.6 Å². The van der Waals surface area contributed by atoms with Crippen LogP contribution in [0.2, 0.25) is 0 Å². The van der Waals surface area contributed by atoms with Gasteiger partial charge in [-0.1, -0.05) is 51.5 Å². The number of unbranched alkanes of at least 4 members (excludes halogenated alkanes) is 6. The highest BCUT2D eigenvalue weighted by molar-refractivity contribution is 7.89. The molecule has 0 unspecified atom stereocenters. The van der Waals surface area contributed by atoms with Crippen LogP contribution in [-0.2, 0) is 22.1 Å². The molecule has 27 heavy (non-hydrogen) atoms. The third kappa shape index (κ3) is 11.0. The fourth-order valence-electron chi connectivity index (χ4n) is 2.87. The van der Waals surface area contributed by atoms with Crippen LogP contribution in [0.15, 0.2) is 23.2 Å². The number of sulfone groups is 1. The molecule has 0 spiro atoms. The van der Waals surface area contributed by atoms with E-state index in [1.807, 2.05) is 0 Å². The number of benzene rings is 1. The molecule has 1 aromatic carbocycles. The fraction of sp³-hybridized carbons (Fsp3) is 0.650. The van der Waals surface area contributed by atoms with Crippen molar-refractivity contribution in [1.29, 1.82) is 0 Å². The van der Waals surface area contributed by atoms with Crippen molar-refractivity contribution in [2.75, 3.05) is 19.8 Å². The maximum absolute atomic E-state index is 13.6. The summed E-state index contributed by atoms with van der Waals surface area (Å²) in [6, 6.07) is 4.19. The zero-order valence-corrected chi connectivity index (χ0v) is 17.7. The van der Waals surface area contributed by atoms with Gasteiger partial charge in [0.1, 0.15) is 5.82 Å². The second-order valence-corrected chi connectivity index (χ2v) is 9.10. The van der Waals surface area contributed by atoms with E-state index < -0.39 is 9.84 Å². The first-order valence-corrected chi connectivity index (χ1v) is 11.8. The van der Waals surface area contributed by atoms with E-state index in [-0.39, 0.29) is 11.6 Å². The van der Waals surface area contributed by atoms with Crippen LogP contribution in [0.1, 0.15) is 63.0 Å². The molecule has 0 saturated carbocycles. The third-order valence-electron chi connectivity index (χ3n) is 4.33. The van der Waals surface area contributed by atoms with Crippen LogP contribution >= 0.6 is 0 Å². The Morgan fingerprint density at radius 2 is 1.70 bits per heavy atom. The van der Waals surface area contributed by atoms with Crippen molar-refractivity contribution in [2.45, 2.75) is 64.2 Å². The number of aliphatic imine (C=N–C) groups is 1. The number of nitrogens with one attached hydrogen (secondary N) is 2. The van der Waals surface area contributed by atoms with Gasteiger partial charge in [0.05, 0.1) is 5.75 Å². The highest BCUT2D eigenvalue weighted by atomic mass is 32.2. The SMILES string of the molecule is CCCCCCCCCNC(=NC)NCc1cc(F)ccc1CS(C)(=O)=O. The summed E-state index contributed by atoms with van der Waals surface area (Å²) in [5.41, 5.74) is 1.23. The number of nitrogens with zero attached hydrogens (tertiary/aromatic N) is 1. The molecule has 0 saturated heterocycles. The normalized spacial score (nSPS) is 12.2. The first-order chi connectivity index (χ1) is 12.9. The average Bonchev–Trinajstić information content (AvgIpc) is 2.60. The second kappa shape index (κ2) is 12.7. The zero-order valence-electron chi connectivity index (χ0n) is 16.9. The van der Waals surface area contributed by atoms with Crippen molar-refractivity contribution >= 4 is 15.8 Å². The number of halogens is 1. The molecular formula is C20H34FN3O2S. The summed E-state index contributed by atoms with van der Waals surface area (Å²) in [5.74, 6) is 0.152. The molecule has 0 amide bonds. The molecule has 7 heteroatoms. The number of hydrogen-bond acceptors (Lipinski definition) is 3. The van der Waals surface area contributed by atoms with Crippen LogP contribution in [-0.4, -0.2) is 34.2 Å². The van der Waals surface area contributed by atoms with Gasteiger partial charge < -0.3 is 10.6 Å². The van der Waals surface area contributed by atoms with E-state index in [0.717, 1.165) is 13.0 Å². The minimum atomic E-state index is -3.18. The lowest BCUT2D eigenvalue weighted by molar-refractivity contribution is 0.583. The Morgan fingerprint density at radius 3 is 2.33 bits per heavy atom. The standard InChI is InChI=1S/C20H34FN3O2S/c1-4-5-6-7-8-9-10-13-23-20(22-2)24-15-18-14-19(21)12-11-17(18)16-27(3,25)26/h11-12,14H,4-10,13,15-16H2,1-3H3,(H2,22,23,24). The smallest absolute Gasteiger partial charge is 0.191 e. The number of guanidine groups is 1. The molecule has 1 rings (SSSR count). The molecule has 0 radical (unpaired) electrons. The monoisotopic (exact) mass is 399 g/mol. The van der Waals surface area contributed by atoms with Crippen LogP contribution < -0.4 is 10.6 Å². The Labute approximate surface area is 163 Å². The Balaban J connectivity index is 2.43. The summed E-state index contributed by atoms with van der Waals surface area (Å²) in [5, 5.41) is 6.39. The second-order valence-electron chi connectivity index (χ2n) is 6.96. The van der Waals surface area contributed by atoms with Crippen LogP contribution in [0, 0.1) is 5.82 Å². The Bertz CT molecular complexity index is 690. The zero-order chi connectivity index (χ0) is 20.1. The number of hydrogen-bond donors (Lipinski definition) is 2. The summed E-state index contributed by atoms with van der Waals surface area (Å²) >= 11 is 0. The molecular weight excluding hydrogens is 365 g/mol. The maximum atomic E-state index is 13.6. The fourth-order valence-corrected chi connectivity index (χ4v) is 3.72. The first kappa shape index (κ1) is 23.4. The Morgan fingerprint density at radius 1 is 1.04 bits per heavy atom. The summed E-state index contributed by atoms with van der Waals surface area (Å²) < 4.78 is 36.7. The maximum Gasteiger partial charge on any atom is 0.191 e. The Hall–Kier alpha value is -1.63. The quantitative estimate of drug-likeness (QED) is 0.319. The molecule has 0 atom stereocenters. The minimum Gasteiger partial charge on any atom is -0.356 e. The molecule has 1 aromatic rings. The highest BCUT2D eigenvalue weighted by Gasteiger charge is 2.11. The van der Waals surface area contributed by atoms with Crippen LogP contribution in [0.25, 0.3) is 0 Å². The van der Waals surface area contributed by atoms with E-state index in [4.69, 9.17) is 0 Å². The third-order valence-corrected chi connectivity index (χ3v) is 5.16. The predicted molar refractivity (Wildman–Crippen MR) is 111 cm³/mol. The molecule has 0 aliphatic carbocycles. The van der Waals surface area contributed by atoms with E-state index >= 15 is 0 Å². The van der Waals surface area contributed by atoms with E-state index in [1.165, 1.54) is 63.0 Å². The topological polar surface area (TPSA) is 70.6 Å². The molecule has 0 aromatic heterocycles. The van der Waals surface area contributed by atoms with Crippen LogP contribution in [0.4, 0.5) is 4.39 Å². The minimum absolute atomic E-state index is 0.103. The van der Waals surface area contributed by atoms with Gasteiger partial charge in [0.25, 0.3) is 0 Å². The van der Waals surface area contributed by atoms with Crippen molar-refractivity contribution in [3.8, 4) is 0 Å². The van der Waals surface area contributed by atoms with Crippen LogP contribution in [0.5, 0.6) is 0 Å². The van der Waals surface area contributed by atoms with Gasteiger partial charge in [0.15, 0.2) is 15.8 Å². The summed E-state index contributed by atoms with van der Waals surface area (Å²) in [7, 11) is -1.50. The molecule has 5 nitrogen and oxygen atoms in total. The molecule has 0 heterocycles. The van der Waals surface area contributed by atoms with E-state index in [9.17, 15) is 12.8 Å². The van der Waals surface area contributed by atoms with Crippen molar-refractivity contribution in [1.82, 2.24) is 10.6 Å². The summed E-state index contributed by atoms with van der Waals surface area (Å²) in [6.07, 6.45) is 9.89. The molecule has 0 aliphatic rings. The molecule has 154 valence electrons. The van der Waals surface area contributed by atoms with Crippen LogP contribution in [0.3, 0.4) is 0 Å².